The van der Waals surface area contributed by atoms with Crippen molar-refractivity contribution < 1.29 is 9.47 Å². The summed E-state index contributed by atoms with van der Waals surface area (Å²) in [5.74, 6) is 1.70. The molecule has 4 aromatic carbocycles. The van der Waals surface area contributed by atoms with Gasteiger partial charge in [-0.3, -0.25) is 0 Å². The minimum atomic E-state index is 0.522. The lowest BCUT2D eigenvalue weighted by Gasteiger charge is -2.09. The third-order valence-electron chi connectivity index (χ3n) is 4.89. The molecule has 0 N–H and O–H groups in total. The van der Waals surface area contributed by atoms with E-state index in [2.05, 4.69) is 24.3 Å². The summed E-state index contributed by atoms with van der Waals surface area (Å²) in [7, 11) is 0. The standard InChI is InChI=1S/C27H22Cl2O2/c28-24-9-1-22(2-10-24)18-30-26-13-5-20(6-14-26)17-21-7-15-27(16-8-21)31-19-23-3-11-25(29)12-4-23/h1-16H,17-19H2. The Kier molecular flexibility index (Phi) is 7.14. The largest absolute Gasteiger partial charge is 0.489 e. The lowest BCUT2D eigenvalue weighted by molar-refractivity contribution is 0.306. The lowest BCUT2D eigenvalue weighted by atomic mass is 10.0. The summed E-state index contributed by atoms with van der Waals surface area (Å²) >= 11 is 11.8. The SMILES string of the molecule is Clc1ccc(COc2ccc(Cc3ccc(OCc4ccc(Cl)cc4)cc3)cc2)cc1. The fourth-order valence-electron chi connectivity index (χ4n) is 3.14. The first-order chi connectivity index (χ1) is 15.1. The molecule has 0 spiro atoms. The Morgan fingerprint density at radius 2 is 0.742 bits per heavy atom. The molecule has 0 aliphatic rings. The second-order valence-corrected chi connectivity index (χ2v) is 8.17. The number of benzene rings is 4. The van der Waals surface area contributed by atoms with Crippen LogP contribution in [-0.4, -0.2) is 0 Å². The maximum atomic E-state index is 5.92. The van der Waals surface area contributed by atoms with Crippen LogP contribution in [0.5, 0.6) is 11.5 Å². The van der Waals surface area contributed by atoms with E-state index >= 15 is 0 Å². The van der Waals surface area contributed by atoms with Gasteiger partial charge in [-0.2, -0.15) is 0 Å². The van der Waals surface area contributed by atoms with Gasteiger partial charge < -0.3 is 9.47 Å². The van der Waals surface area contributed by atoms with Gasteiger partial charge in [-0.15, -0.1) is 0 Å². The summed E-state index contributed by atoms with van der Waals surface area (Å²) in [5.41, 5.74) is 4.64. The number of hydrogen-bond donors (Lipinski definition) is 0. The average molecular weight is 449 g/mol. The van der Waals surface area contributed by atoms with E-state index in [1.54, 1.807) is 0 Å². The van der Waals surface area contributed by atoms with Gasteiger partial charge in [0.05, 0.1) is 0 Å². The fraction of sp³-hybridized carbons (Fsp3) is 0.111. The normalized spacial score (nSPS) is 10.6. The molecular formula is C27H22Cl2O2. The smallest absolute Gasteiger partial charge is 0.119 e. The molecule has 4 aromatic rings. The summed E-state index contributed by atoms with van der Waals surface area (Å²) in [4.78, 5) is 0. The second-order valence-electron chi connectivity index (χ2n) is 7.29. The van der Waals surface area contributed by atoms with Gasteiger partial charge >= 0.3 is 0 Å². The van der Waals surface area contributed by atoms with Crippen molar-refractivity contribution in [3.05, 3.63) is 129 Å². The Hall–Kier alpha value is -2.94. The predicted octanol–water partition coefficient (Wildman–Crippen LogP) is 7.74. The lowest BCUT2D eigenvalue weighted by Crippen LogP contribution is -1.96. The highest BCUT2D eigenvalue weighted by molar-refractivity contribution is 6.30. The van der Waals surface area contributed by atoms with Crippen LogP contribution in [0.25, 0.3) is 0 Å². The Morgan fingerprint density at radius 3 is 1.10 bits per heavy atom. The summed E-state index contributed by atoms with van der Waals surface area (Å²) in [6.07, 6.45) is 0.856. The molecule has 0 saturated heterocycles. The molecule has 2 nitrogen and oxygen atoms in total. The van der Waals surface area contributed by atoms with E-state index in [1.807, 2.05) is 72.8 Å². The van der Waals surface area contributed by atoms with Crippen LogP contribution in [0.15, 0.2) is 97.1 Å². The first kappa shape index (κ1) is 21.3. The Labute approximate surface area is 193 Å². The monoisotopic (exact) mass is 448 g/mol. The molecular weight excluding hydrogens is 427 g/mol. The third kappa shape index (κ3) is 6.52. The van der Waals surface area contributed by atoms with Crippen LogP contribution < -0.4 is 9.47 Å². The van der Waals surface area contributed by atoms with E-state index in [4.69, 9.17) is 32.7 Å². The van der Waals surface area contributed by atoms with Crippen LogP contribution in [0, 0.1) is 0 Å². The van der Waals surface area contributed by atoms with Gasteiger partial charge in [-0.25, -0.2) is 0 Å². The number of rotatable bonds is 8. The Bertz CT molecular complexity index is 997. The van der Waals surface area contributed by atoms with E-state index in [9.17, 15) is 0 Å². The van der Waals surface area contributed by atoms with Crippen LogP contribution in [0.3, 0.4) is 0 Å². The molecule has 0 bridgehead atoms. The molecule has 0 saturated carbocycles. The first-order valence-electron chi connectivity index (χ1n) is 10.1. The van der Waals surface area contributed by atoms with Crippen molar-refractivity contribution in [2.45, 2.75) is 19.6 Å². The van der Waals surface area contributed by atoms with E-state index in [0.29, 0.717) is 13.2 Å². The molecule has 0 heterocycles. The zero-order chi connectivity index (χ0) is 21.5. The van der Waals surface area contributed by atoms with Gasteiger partial charge in [-0.05, 0) is 77.2 Å². The molecule has 31 heavy (non-hydrogen) atoms. The minimum Gasteiger partial charge on any atom is -0.489 e. The third-order valence-corrected chi connectivity index (χ3v) is 5.40. The van der Waals surface area contributed by atoms with Gasteiger partial charge in [0.1, 0.15) is 24.7 Å². The van der Waals surface area contributed by atoms with Gasteiger partial charge in [-0.1, -0.05) is 71.7 Å². The summed E-state index contributed by atoms with van der Waals surface area (Å²) in [6.45, 7) is 1.04. The molecule has 0 unspecified atom stereocenters. The van der Waals surface area contributed by atoms with Gasteiger partial charge in [0, 0.05) is 10.0 Å². The summed E-state index contributed by atoms with van der Waals surface area (Å²) < 4.78 is 11.7. The quantitative estimate of drug-likeness (QED) is 0.274. The molecule has 0 radical (unpaired) electrons. The van der Waals surface area contributed by atoms with E-state index in [0.717, 1.165) is 39.1 Å². The van der Waals surface area contributed by atoms with Crippen molar-refractivity contribution >= 4 is 23.2 Å². The molecule has 0 atom stereocenters. The zero-order valence-corrected chi connectivity index (χ0v) is 18.4. The van der Waals surface area contributed by atoms with E-state index in [-0.39, 0.29) is 0 Å². The molecule has 0 aromatic heterocycles. The highest BCUT2D eigenvalue weighted by Crippen LogP contribution is 2.20. The van der Waals surface area contributed by atoms with Crippen LogP contribution in [0.1, 0.15) is 22.3 Å². The molecule has 0 aliphatic carbocycles. The van der Waals surface area contributed by atoms with Crippen LogP contribution >= 0.6 is 23.2 Å². The van der Waals surface area contributed by atoms with E-state index in [1.165, 1.54) is 11.1 Å². The summed E-state index contributed by atoms with van der Waals surface area (Å²) in [6, 6.07) is 31.8. The zero-order valence-electron chi connectivity index (χ0n) is 16.9. The Balaban J connectivity index is 1.27. The maximum Gasteiger partial charge on any atom is 0.119 e. The Morgan fingerprint density at radius 1 is 0.419 bits per heavy atom. The second kappa shape index (κ2) is 10.4. The highest BCUT2D eigenvalue weighted by atomic mass is 35.5. The highest BCUT2D eigenvalue weighted by Gasteiger charge is 2.01. The number of hydrogen-bond acceptors (Lipinski definition) is 2. The molecule has 0 amide bonds. The van der Waals surface area contributed by atoms with Crippen LogP contribution in [-0.2, 0) is 19.6 Å². The van der Waals surface area contributed by atoms with Crippen LogP contribution in [0.4, 0.5) is 0 Å². The van der Waals surface area contributed by atoms with Crippen molar-refractivity contribution in [3.63, 3.8) is 0 Å². The average Bonchev–Trinajstić information content (AvgIpc) is 2.80. The predicted molar refractivity (Wildman–Crippen MR) is 127 cm³/mol. The number of halogens is 2. The molecule has 0 fully saturated rings. The molecule has 0 aliphatic heterocycles. The van der Waals surface area contributed by atoms with Gasteiger partial charge in [0.25, 0.3) is 0 Å². The maximum absolute atomic E-state index is 5.92. The van der Waals surface area contributed by atoms with Crippen molar-refractivity contribution in [1.82, 2.24) is 0 Å². The molecule has 156 valence electrons. The fourth-order valence-corrected chi connectivity index (χ4v) is 3.39. The topological polar surface area (TPSA) is 18.5 Å². The first-order valence-corrected chi connectivity index (χ1v) is 10.8. The van der Waals surface area contributed by atoms with Gasteiger partial charge in [0.2, 0.25) is 0 Å². The number of ether oxygens (including phenoxy) is 2. The van der Waals surface area contributed by atoms with Crippen molar-refractivity contribution in [2.75, 3.05) is 0 Å². The minimum absolute atomic E-state index is 0.522. The van der Waals surface area contributed by atoms with Crippen molar-refractivity contribution in [3.8, 4) is 11.5 Å². The van der Waals surface area contributed by atoms with Gasteiger partial charge in [0.15, 0.2) is 0 Å². The van der Waals surface area contributed by atoms with Crippen molar-refractivity contribution in [2.24, 2.45) is 0 Å². The van der Waals surface area contributed by atoms with Crippen LogP contribution in [0.2, 0.25) is 10.0 Å². The van der Waals surface area contributed by atoms with E-state index < -0.39 is 0 Å². The van der Waals surface area contributed by atoms with Crippen molar-refractivity contribution in [1.29, 1.82) is 0 Å². The molecule has 4 rings (SSSR count). The summed E-state index contributed by atoms with van der Waals surface area (Å²) in [5, 5.41) is 1.46. The molecule has 4 heteroatoms.